The van der Waals surface area contributed by atoms with Crippen molar-refractivity contribution in [2.75, 3.05) is 0 Å². The molecule has 0 aromatic heterocycles. The first-order valence-corrected chi connectivity index (χ1v) is 6.96. The molecule has 1 heteroatoms. The van der Waals surface area contributed by atoms with Crippen LogP contribution in [-0.2, 0) is 5.60 Å². The largest absolute Gasteiger partial charge is 0.380 e. The van der Waals surface area contributed by atoms with E-state index in [-0.39, 0.29) is 0 Å². The van der Waals surface area contributed by atoms with E-state index in [0.29, 0.717) is 6.42 Å². The number of aliphatic hydroxyl groups is 1. The van der Waals surface area contributed by atoms with E-state index < -0.39 is 5.60 Å². The van der Waals surface area contributed by atoms with Crippen LogP contribution in [0.5, 0.6) is 0 Å². The standard InChI is InChI=1S/C19H22O/c1-5-12-19(20,17-9-7-6-8-15(17)3)18-11-10-14(2)13-16(18)4/h5-11,13,20H,1,12H2,2-4H3. The Balaban J connectivity index is 2.66. The van der Waals surface area contributed by atoms with Crippen LogP contribution in [0.4, 0.5) is 0 Å². The molecule has 1 nitrogen and oxygen atoms in total. The second-order valence-corrected chi connectivity index (χ2v) is 5.49. The predicted molar refractivity (Wildman–Crippen MR) is 84.9 cm³/mol. The molecule has 0 bridgehead atoms. The molecule has 2 rings (SSSR count). The molecule has 0 radical (unpaired) electrons. The Morgan fingerprint density at radius 2 is 1.65 bits per heavy atom. The molecule has 0 saturated carbocycles. The van der Waals surface area contributed by atoms with Crippen molar-refractivity contribution in [1.29, 1.82) is 0 Å². The highest BCUT2D eigenvalue weighted by molar-refractivity contribution is 5.45. The van der Waals surface area contributed by atoms with Crippen molar-refractivity contribution in [2.24, 2.45) is 0 Å². The smallest absolute Gasteiger partial charge is 0.119 e. The SMILES string of the molecule is C=CCC(O)(c1ccccc1C)c1ccc(C)cc1C. The highest BCUT2D eigenvalue weighted by atomic mass is 16.3. The first-order chi connectivity index (χ1) is 9.49. The zero-order valence-corrected chi connectivity index (χ0v) is 12.5. The molecule has 0 aliphatic rings. The lowest BCUT2D eigenvalue weighted by Crippen LogP contribution is -2.28. The molecule has 0 amide bonds. The molecule has 2 aromatic rings. The molecule has 0 heterocycles. The van der Waals surface area contributed by atoms with Gasteiger partial charge in [0.2, 0.25) is 0 Å². The van der Waals surface area contributed by atoms with Crippen LogP contribution in [0.3, 0.4) is 0 Å². The number of rotatable bonds is 4. The average molecular weight is 266 g/mol. The van der Waals surface area contributed by atoms with E-state index in [4.69, 9.17) is 0 Å². The Hall–Kier alpha value is -1.86. The third-order valence-corrected chi connectivity index (χ3v) is 3.86. The van der Waals surface area contributed by atoms with Crippen LogP contribution in [-0.4, -0.2) is 5.11 Å². The van der Waals surface area contributed by atoms with Gasteiger partial charge in [0.05, 0.1) is 0 Å². The van der Waals surface area contributed by atoms with Gasteiger partial charge in [0.15, 0.2) is 0 Å². The Kier molecular flexibility index (Phi) is 4.10. The van der Waals surface area contributed by atoms with Gasteiger partial charge >= 0.3 is 0 Å². The van der Waals surface area contributed by atoms with Gasteiger partial charge in [-0.15, -0.1) is 6.58 Å². The van der Waals surface area contributed by atoms with Gasteiger partial charge in [-0.1, -0.05) is 54.1 Å². The molecular weight excluding hydrogens is 244 g/mol. The van der Waals surface area contributed by atoms with Crippen LogP contribution >= 0.6 is 0 Å². The van der Waals surface area contributed by atoms with Crippen molar-refractivity contribution >= 4 is 0 Å². The summed E-state index contributed by atoms with van der Waals surface area (Å²) in [6, 6.07) is 14.2. The Bertz CT molecular complexity index is 627. The van der Waals surface area contributed by atoms with Gasteiger partial charge < -0.3 is 5.11 Å². The summed E-state index contributed by atoms with van der Waals surface area (Å²) in [5, 5.41) is 11.3. The third-order valence-electron chi connectivity index (χ3n) is 3.86. The second-order valence-electron chi connectivity index (χ2n) is 5.49. The van der Waals surface area contributed by atoms with Crippen LogP contribution in [0, 0.1) is 20.8 Å². The van der Waals surface area contributed by atoms with E-state index in [1.807, 2.05) is 37.3 Å². The summed E-state index contributed by atoms with van der Waals surface area (Å²) >= 11 is 0. The van der Waals surface area contributed by atoms with Gasteiger partial charge in [0, 0.05) is 6.42 Å². The van der Waals surface area contributed by atoms with Gasteiger partial charge in [-0.05, 0) is 43.0 Å². The van der Waals surface area contributed by atoms with Crippen LogP contribution in [0.25, 0.3) is 0 Å². The molecule has 1 N–H and O–H groups in total. The zero-order valence-electron chi connectivity index (χ0n) is 12.5. The van der Waals surface area contributed by atoms with Crippen LogP contribution < -0.4 is 0 Å². The number of benzene rings is 2. The van der Waals surface area contributed by atoms with E-state index in [9.17, 15) is 5.11 Å². The summed E-state index contributed by atoms with van der Waals surface area (Å²) in [4.78, 5) is 0. The van der Waals surface area contributed by atoms with E-state index in [0.717, 1.165) is 22.3 Å². The van der Waals surface area contributed by atoms with Crippen molar-refractivity contribution in [3.63, 3.8) is 0 Å². The van der Waals surface area contributed by atoms with Gasteiger partial charge in [-0.25, -0.2) is 0 Å². The molecule has 0 spiro atoms. The molecule has 0 saturated heterocycles. The maximum Gasteiger partial charge on any atom is 0.119 e. The minimum atomic E-state index is -1.01. The maximum atomic E-state index is 11.3. The molecule has 1 unspecified atom stereocenters. The summed E-state index contributed by atoms with van der Waals surface area (Å²) in [7, 11) is 0. The molecule has 0 aliphatic carbocycles. The Labute approximate surface area is 121 Å². The summed E-state index contributed by atoms with van der Waals surface area (Å²) in [6.07, 6.45) is 2.29. The zero-order chi connectivity index (χ0) is 14.8. The molecule has 0 aliphatic heterocycles. The normalized spacial score (nSPS) is 13.8. The van der Waals surface area contributed by atoms with Gasteiger partial charge in [-0.3, -0.25) is 0 Å². The second kappa shape index (κ2) is 5.64. The monoisotopic (exact) mass is 266 g/mol. The molecule has 2 aromatic carbocycles. The number of hydrogen-bond donors (Lipinski definition) is 1. The minimum absolute atomic E-state index is 0.502. The van der Waals surface area contributed by atoms with Gasteiger partial charge in [0.1, 0.15) is 5.60 Å². The summed E-state index contributed by atoms with van der Waals surface area (Å²) in [5.41, 5.74) is 4.31. The Morgan fingerprint density at radius 1 is 1.00 bits per heavy atom. The molecule has 1 atom stereocenters. The fraction of sp³-hybridized carbons (Fsp3) is 0.263. The van der Waals surface area contributed by atoms with Crippen molar-refractivity contribution in [3.8, 4) is 0 Å². The van der Waals surface area contributed by atoms with E-state index in [1.54, 1.807) is 6.08 Å². The van der Waals surface area contributed by atoms with Gasteiger partial charge in [-0.2, -0.15) is 0 Å². The van der Waals surface area contributed by atoms with Crippen molar-refractivity contribution in [1.82, 2.24) is 0 Å². The van der Waals surface area contributed by atoms with Crippen LogP contribution in [0.2, 0.25) is 0 Å². The maximum absolute atomic E-state index is 11.3. The average Bonchev–Trinajstić information content (AvgIpc) is 2.39. The summed E-state index contributed by atoms with van der Waals surface area (Å²) in [5.74, 6) is 0. The van der Waals surface area contributed by atoms with Gasteiger partial charge in [0.25, 0.3) is 0 Å². The van der Waals surface area contributed by atoms with Crippen LogP contribution in [0.1, 0.15) is 34.2 Å². The molecule has 0 fully saturated rings. The molecular formula is C19H22O. The minimum Gasteiger partial charge on any atom is -0.380 e. The summed E-state index contributed by atoms with van der Waals surface area (Å²) < 4.78 is 0. The predicted octanol–water partition coefficient (Wildman–Crippen LogP) is 4.42. The highest BCUT2D eigenvalue weighted by Crippen LogP contribution is 2.37. The van der Waals surface area contributed by atoms with E-state index in [1.165, 1.54) is 5.56 Å². The lowest BCUT2D eigenvalue weighted by molar-refractivity contribution is 0.0828. The molecule has 104 valence electrons. The first-order valence-electron chi connectivity index (χ1n) is 6.96. The Morgan fingerprint density at radius 3 is 2.25 bits per heavy atom. The van der Waals surface area contributed by atoms with E-state index in [2.05, 4.69) is 32.6 Å². The lowest BCUT2D eigenvalue weighted by Gasteiger charge is -2.31. The van der Waals surface area contributed by atoms with E-state index >= 15 is 0 Å². The van der Waals surface area contributed by atoms with Crippen molar-refractivity contribution in [2.45, 2.75) is 32.8 Å². The quantitative estimate of drug-likeness (QED) is 0.812. The number of aryl methyl sites for hydroxylation is 3. The first kappa shape index (κ1) is 14.5. The molecule has 20 heavy (non-hydrogen) atoms. The van der Waals surface area contributed by atoms with Crippen LogP contribution in [0.15, 0.2) is 55.1 Å². The fourth-order valence-corrected chi connectivity index (χ4v) is 2.89. The highest BCUT2D eigenvalue weighted by Gasteiger charge is 2.32. The number of hydrogen-bond acceptors (Lipinski definition) is 1. The fourth-order valence-electron chi connectivity index (χ4n) is 2.89. The van der Waals surface area contributed by atoms with Crippen molar-refractivity contribution < 1.29 is 5.11 Å². The third kappa shape index (κ3) is 2.54. The van der Waals surface area contributed by atoms with Crippen molar-refractivity contribution in [3.05, 3.63) is 82.9 Å². The lowest BCUT2D eigenvalue weighted by atomic mass is 9.79. The summed E-state index contributed by atoms with van der Waals surface area (Å²) in [6.45, 7) is 9.97. The topological polar surface area (TPSA) is 20.2 Å².